The maximum atomic E-state index is 12.2. The zero-order valence-electron chi connectivity index (χ0n) is 13.2. The molecule has 0 saturated carbocycles. The van der Waals surface area contributed by atoms with E-state index in [4.69, 9.17) is 9.47 Å². The van der Waals surface area contributed by atoms with Crippen molar-refractivity contribution >= 4 is 17.5 Å². The number of amides is 2. The number of benzene rings is 1. The van der Waals surface area contributed by atoms with Gasteiger partial charge in [0.25, 0.3) is 0 Å². The largest absolute Gasteiger partial charge is 0.497 e. The van der Waals surface area contributed by atoms with Crippen molar-refractivity contribution in [1.82, 2.24) is 5.32 Å². The summed E-state index contributed by atoms with van der Waals surface area (Å²) >= 11 is 0. The average molecular weight is 306 g/mol. The van der Waals surface area contributed by atoms with Crippen LogP contribution < -0.4 is 15.0 Å². The van der Waals surface area contributed by atoms with Gasteiger partial charge in [-0.3, -0.25) is 9.59 Å². The average Bonchev–Trinajstić information content (AvgIpc) is 2.89. The van der Waals surface area contributed by atoms with E-state index in [0.29, 0.717) is 18.9 Å². The molecule has 0 aromatic heterocycles. The van der Waals surface area contributed by atoms with Crippen molar-refractivity contribution in [2.24, 2.45) is 5.92 Å². The standard InChI is InChI=1S/C16H22N2O4/c1-11(10-21-2)17-16(20)12-7-15(19)18(9-12)13-5-4-6-14(8-13)22-3/h4-6,8,11-12H,7,9-10H2,1-3H3,(H,17,20)/t11-,12+/m0/s1. The highest BCUT2D eigenvalue weighted by molar-refractivity contribution is 6.00. The molecule has 0 aliphatic carbocycles. The Labute approximate surface area is 130 Å². The quantitative estimate of drug-likeness (QED) is 0.857. The first kappa shape index (κ1) is 16.3. The van der Waals surface area contributed by atoms with Gasteiger partial charge < -0.3 is 19.7 Å². The Morgan fingerprint density at radius 1 is 1.45 bits per heavy atom. The van der Waals surface area contributed by atoms with E-state index in [9.17, 15) is 9.59 Å². The van der Waals surface area contributed by atoms with E-state index in [1.165, 1.54) is 0 Å². The molecule has 2 amide bonds. The maximum absolute atomic E-state index is 12.2. The minimum atomic E-state index is -0.335. The van der Waals surface area contributed by atoms with Crippen molar-refractivity contribution < 1.29 is 19.1 Å². The van der Waals surface area contributed by atoms with Gasteiger partial charge in [0.15, 0.2) is 0 Å². The summed E-state index contributed by atoms with van der Waals surface area (Å²) in [6.45, 7) is 2.71. The number of anilines is 1. The normalized spacial score (nSPS) is 19.1. The molecular weight excluding hydrogens is 284 g/mol. The highest BCUT2D eigenvalue weighted by Crippen LogP contribution is 2.27. The van der Waals surface area contributed by atoms with Crippen molar-refractivity contribution in [2.75, 3.05) is 32.3 Å². The van der Waals surface area contributed by atoms with Crippen LogP contribution in [0.4, 0.5) is 5.69 Å². The van der Waals surface area contributed by atoms with Crippen LogP contribution in [-0.4, -0.2) is 45.2 Å². The van der Waals surface area contributed by atoms with E-state index in [1.54, 1.807) is 25.2 Å². The van der Waals surface area contributed by atoms with Crippen LogP contribution in [0.15, 0.2) is 24.3 Å². The highest BCUT2D eigenvalue weighted by Gasteiger charge is 2.35. The second-order valence-electron chi connectivity index (χ2n) is 5.47. The molecule has 2 rings (SSSR count). The lowest BCUT2D eigenvalue weighted by atomic mass is 10.1. The molecule has 1 aromatic carbocycles. The maximum Gasteiger partial charge on any atom is 0.227 e. The second-order valence-corrected chi connectivity index (χ2v) is 5.47. The van der Waals surface area contributed by atoms with Crippen molar-refractivity contribution in [2.45, 2.75) is 19.4 Å². The molecule has 120 valence electrons. The van der Waals surface area contributed by atoms with E-state index in [-0.39, 0.29) is 30.2 Å². The summed E-state index contributed by atoms with van der Waals surface area (Å²) in [5, 5.41) is 2.87. The SMILES string of the molecule is COC[C@H](C)NC(=O)[C@@H]1CC(=O)N(c2cccc(OC)c2)C1. The third-order valence-corrected chi connectivity index (χ3v) is 3.67. The molecule has 0 bridgehead atoms. The number of methoxy groups -OCH3 is 2. The van der Waals surface area contributed by atoms with Crippen LogP contribution in [0.25, 0.3) is 0 Å². The zero-order valence-corrected chi connectivity index (χ0v) is 13.2. The lowest BCUT2D eigenvalue weighted by Crippen LogP contribution is -2.40. The van der Waals surface area contributed by atoms with Gasteiger partial charge in [-0.15, -0.1) is 0 Å². The Bertz CT molecular complexity index is 547. The molecule has 0 unspecified atom stereocenters. The Morgan fingerprint density at radius 3 is 2.91 bits per heavy atom. The number of ether oxygens (including phenoxy) is 2. The van der Waals surface area contributed by atoms with Gasteiger partial charge in [-0.2, -0.15) is 0 Å². The molecule has 6 heteroatoms. The lowest BCUT2D eigenvalue weighted by molar-refractivity contribution is -0.127. The predicted molar refractivity (Wildman–Crippen MR) is 82.9 cm³/mol. The van der Waals surface area contributed by atoms with E-state index >= 15 is 0 Å². The molecule has 1 heterocycles. The molecule has 1 aliphatic heterocycles. The molecule has 1 aliphatic rings. The summed E-state index contributed by atoms with van der Waals surface area (Å²) in [6, 6.07) is 7.22. The molecule has 6 nitrogen and oxygen atoms in total. The van der Waals surface area contributed by atoms with Crippen molar-refractivity contribution in [1.29, 1.82) is 0 Å². The minimum Gasteiger partial charge on any atom is -0.497 e. The van der Waals surface area contributed by atoms with Crippen LogP contribution >= 0.6 is 0 Å². The van der Waals surface area contributed by atoms with Gasteiger partial charge >= 0.3 is 0 Å². The van der Waals surface area contributed by atoms with Crippen molar-refractivity contribution in [3.05, 3.63) is 24.3 Å². The molecule has 1 saturated heterocycles. The van der Waals surface area contributed by atoms with Crippen LogP contribution in [0.5, 0.6) is 5.75 Å². The summed E-state index contributed by atoms with van der Waals surface area (Å²) in [6.07, 6.45) is 0.225. The molecule has 2 atom stereocenters. The topological polar surface area (TPSA) is 67.9 Å². The highest BCUT2D eigenvalue weighted by atomic mass is 16.5. The van der Waals surface area contributed by atoms with Gasteiger partial charge in [0.05, 0.1) is 19.6 Å². The Balaban J connectivity index is 2.02. The smallest absolute Gasteiger partial charge is 0.227 e. The molecular formula is C16H22N2O4. The fraction of sp³-hybridized carbons (Fsp3) is 0.500. The number of rotatable bonds is 6. The van der Waals surface area contributed by atoms with E-state index < -0.39 is 0 Å². The third kappa shape index (κ3) is 3.76. The number of carbonyl (C=O) groups excluding carboxylic acids is 2. The summed E-state index contributed by atoms with van der Waals surface area (Å²) < 4.78 is 10.2. The number of hydrogen-bond donors (Lipinski definition) is 1. The summed E-state index contributed by atoms with van der Waals surface area (Å²) in [7, 11) is 3.17. The van der Waals surface area contributed by atoms with Crippen LogP contribution in [0.1, 0.15) is 13.3 Å². The fourth-order valence-electron chi connectivity index (χ4n) is 2.56. The van der Waals surface area contributed by atoms with Gasteiger partial charge in [0, 0.05) is 37.9 Å². The first-order valence-electron chi connectivity index (χ1n) is 7.29. The number of nitrogens with one attached hydrogen (secondary N) is 1. The van der Waals surface area contributed by atoms with Gasteiger partial charge in [0.1, 0.15) is 5.75 Å². The summed E-state index contributed by atoms with van der Waals surface area (Å²) in [4.78, 5) is 26.0. The molecule has 22 heavy (non-hydrogen) atoms. The lowest BCUT2D eigenvalue weighted by Gasteiger charge is -2.18. The van der Waals surface area contributed by atoms with Gasteiger partial charge in [-0.05, 0) is 19.1 Å². The molecule has 1 aromatic rings. The van der Waals surface area contributed by atoms with Crippen molar-refractivity contribution in [3.63, 3.8) is 0 Å². The fourth-order valence-corrected chi connectivity index (χ4v) is 2.56. The van der Waals surface area contributed by atoms with Gasteiger partial charge in [0.2, 0.25) is 11.8 Å². The van der Waals surface area contributed by atoms with E-state index in [2.05, 4.69) is 5.32 Å². The van der Waals surface area contributed by atoms with Crippen LogP contribution in [0, 0.1) is 5.92 Å². The van der Waals surface area contributed by atoms with Crippen molar-refractivity contribution in [3.8, 4) is 5.75 Å². The van der Waals surface area contributed by atoms with E-state index in [1.807, 2.05) is 25.1 Å². The van der Waals surface area contributed by atoms with Gasteiger partial charge in [-0.25, -0.2) is 0 Å². The third-order valence-electron chi connectivity index (χ3n) is 3.67. The second kappa shape index (κ2) is 7.26. The Kier molecular flexibility index (Phi) is 5.38. The monoisotopic (exact) mass is 306 g/mol. The Morgan fingerprint density at radius 2 is 2.23 bits per heavy atom. The minimum absolute atomic E-state index is 0.0483. The summed E-state index contributed by atoms with van der Waals surface area (Å²) in [5.74, 6) is 0.195. The molecule has 0 spiro atoms. The zero-order chi connectivity index (χ0) is 16.1. The first-order chi connectivity index (χ1) is 10.5. The number of nitrogens with zero attached hydrogens (tertiary/aromatic N) is 1. The Hall–Kier alpha value is -2.08. The molecule has 1 fully saturated rings. The molecule has 1 N–H and O–H groups in total. The number of hydrogen-bond acceptors (Lipinski definition) is 4. The van der Waals surface area contributed by atoms with E-state index in [0.717, 1.165) is 5.69 Å². The predicted octanol–water partition coefficient (Wildman–Crippen LogP) is 1.20. The van der Waals surface area contributed by atoms with Gasteiger partial charge in [-0.1, -0.05) is 6.07 Å². The molecule has 0 radical (unpaired) electrons. The van der Waals surface area contributed by atoms with Crippen LogP contribution in [0.3, 0.4) is 0 Å². The first-order valence-corrected chi connectivity index (χ1v) is 7.29. The van der Waals surface area contributed by atoms with Crippen LogP contribution in [0.2, 0.25) is 0 Å². The number of carbonyl (C=O) groups is 2. The van der Waals surface area contributed by atoms with Crippen LogP contribution in [-0.2, 0) is 14.3 Å². The summed E-state index contributed by atoms with van der Waals surface area (Å²) in [5.41, 5.74) is 0.754.